The van der Waals surface area contributed by atoms with Gasteiger partial charge in [-0.25, -0.2) is 0 Å². The van der Waals surface area contributed by atoms with E-state index >= 15 is 0 Å². The average molecular weight is 240 g/mol. The fourth-order valence-electron chi connectivity index (χ4n) is 2.54. The van der Waals surface area contributed by atoms with Crippen LogP contribution < -0.4 is 0 Å². The van der Waals surface area contributed by atoms with Gasteiger partial charge < -0.3 is 3.79 Å². The van der Waals surface area contributed by atoms with E-state index < -0.39 is 14.5 Å². The van der Waals surface area contributed by atoms with Crippen LogP contribution in [0.5, 0.6) is 0 Å². The van der Waals surface area contributed by atoms with Crippen LogP contribution in [0, 0.1) is 0 Å². The van der Waals surface area contributed by atoms with Crippen molar-refractivity contribution in [2.45, 2.75) is 81.7 Å². The molecule has 1 heterocycles. The molecule has 0 amide bonds. The fraction of sp³-hybridized carbons (Fsp3) is 1.00. The van der Waals surface area contributed by atoms with Gasteiger partial charge in [-0.05, 0) is 6.42 Å². The minimum Gasteiger partial charge on any atom is -0.501 e. The third-order valence-corrected chi connectivity index (χ3v) is 6.47. The maximum atomic E-state index is 5.88. The van der Waals surface area contributed by atoms with E-state index in [0.29, 0.717) is 0 Å². The number of unbranched alkanes of at least 4 members (excludes halogenated alkanes) is 7. The Bertz CT molecular complexity index is 144. The van der Waals surface area contributed by atoms with Crippen LogP contribution in [0.2, 0.25) is 10.6 Å². The van der Waals surface area contributed by atoms with Crippen molar-refractivity contribution in [3.63, 3.8) is 0 Å². The third kappa shape index (κ3) is 7.71. The number of hydrogen-bond acceptors (Lipinski definition) is 1. The summed E-state index contributed by atoms with van der Waals surface area (Å²) in [5.41, 5.74) is 0. The van der Waals surface area contributed by atoms with Crippen molar-refractivity contribution < 1.29 is 3.79 Å². The van der Waals surface area contributed by atoms with Gasteiger partial charge in [0, 0.05) is 6.61 Å². The van der Waals surface area contributed by atoms with Gasteiger partial charge in [-0.1, -0.05) is 75.3 Å². The van der Waals surface area contributed by atoms with Gasteiger partial charge in [-0.3, -0.25) is 0 Å². The molecule has 0 aromatic heterocycles. The molecule has 1 aliphatic heterocycles. The van der Waals surface area contributed by atoms with Crippen molar-refractivity contribution in [1.82, 2.24) is 0 Å². The molecule has 0 saturated carbocycles. The predicted molar refractivity (Wildman–Crippen MR) is 73.2 cm³/mol. The molecule has 0 spiro atoms. The zero-order chi connectivity index (χ0) is 11.5. The van der Waals surface area contributed by atoms with Gasteiger partial charge in [0.05, 0.1) is 0 Å². The van der Waals surface area contributed by atoms with Crippen molar-refractivity contribution in [3.8, 4) is 0 Å². The molecular formula is C14H29AlO. The molecule has 1 nitrogen and oxygen atoms in total. The Morgan fingerprint density at radius 3 is 2.19 bits per heavy atom. The van der Waals surface area contributed by atoms with E-state index in [9.17, 15) is 0 Å². The maximum absolute atomic E-state index is 5.88. The highest BCUT2D eigenvalue weighted by molar-refractivity contribution is 6.51. The first-order chi connectivity index (χ1) is 7.93. The van der Waals surface area contributed by atoms with E-state index in [0.717, 1.165) is 6.61 Å². The smallest absolute Gasteiger partial charge is 0.460 e. The first-order valence-corrected chi connectivity index (χ1v) is 9.65. The Morgan fingerprint density at radius 1 is 0.875 bits per heavy atom. The Hall–Kier alpha value is 0.492. The minimum atomic E-state index is -0.696. The first kappa shape index (κ1) is 14.6. The number of hydrogen-bond donors (Lipinski definition) is 0. The molecule has 0 aromatic carbocycles. The molecule has 0 N–H and O–H groups in total. The summed E-state index contributed by atoms with van der Waals surface area (Å²) in [4.78, 5) is 0. The van der Waals surface area contributed by atoms with Crippen LogP contribution in [0.1, 0.15) is 71.1 Å². The topological polar surface area (TPSA) is 9.23 Å². The van der Waals surface area contributed by atoms with Crippen LogP contribution in [0.25, 0.3) is 0 Å². The normalized spacial score (nSPS) is 16.7. The summed E-state index contributed by atoms with van der Waals surface area (Å²) in [5, 5.41) is 2.91. The molecule has 1 rings (SSSR count). The molecule has 0 atom stereocenters. The fourth-order valence-corrected chi connectivity index (χ4v) is 5.15. The van der Waals surface area contributed by atoms with Crippen LogP contribution in [-0.4, -0.2) is 21.1 Å². The second kappa shape index (κ2) is 10.6. The molecule has 1 aliphatic rings. The summed E-state index contributed by atoms with van der Waals surface area (Å²) in [6, 6.07) is 0. The monoisotopic (exact) mass is 240 g/mol. The van der Waals surface area contributed by atoms with Gasteiger partial charge in [-0.2, -0.15) is 0 Å². The largest absolute Gasteiger partial charge is 0.501 e. The lowest BCUT2D eigenvalue weighted by Gasteiger charge is -2.17. The summed E-state index contributed by atoms with van der Waals surface area (Å²) in [7, 11) is 0. The zero-order valence-corrected chi connectivity index (χ0v) is 12.3. The van der Waals surface area contributed by atoms with Crippen LogP contribution >= 0.6 is 0 Å². The summed E-state index contributed by atoms with van der Waals surface area (Å²) in [6.45, 7) is 3.36. The van der Waals surface area contributed by atoms with Crippen molar-refractivity contribution in [1.29, 1.82) is 0 Å². The molecule has 2 heteroatoms. The Kier molecular flexibility index (Phi) is 9.67. The van der Waals surface area contributed by atoms with E-state index in [1.807, 2.05) is 0 Å². The van der Waals surface area contributed by atoms with Gasteiger partial charge in [0.25, 0.3) is 0 Å². The lowest BCUT2D eigenvalue weighted by molar-refractivity contribution is 0.285. The first-order valence-electron chi connectivity index (χ1n) is 7.55. The van der Waals surface area contributed by atoms with E-state index in [4.69, 9.17) is 3.79 Å². The highest BCUT2D eigenvalue weighted by Crippen LogP contribution is 2.17. The highest BCUT2D eigenvalue weighted by atomic mass is 27.2. The molecule has 16 heavy (non-hydrogen) atoms. The van der Waals surface area contributed by atoms with Gasteiger partial charge >= 0.3 is 14.5 Å². The van der Waals surface area contributed by atoms with Gasteiger partial charge in [0.1, 0.15) is 0 Å². The van der Waals surface area contributed by atoms with Crippen LogP contribution in [0.3, 0.4) is 0 Å². The van der Waals surface area contributed by atoms with Gasteiger partial charge in [-0.15, -0.1) is 0 Å². The summed E-state index contributed by atoms with van der Waals surface area (Å²) in [6.07, 6.45) is 14.3. The standard InChI is InChI=1S/C10H21.C4H8O.Al/c1-3-5-7-9-10-8-6-4-2;1-2-3-4-5;/h1,3-10H2,2H3;1-4H2;/q;-1;+1. The Balaban J connectivity index is 1.77. The van der Waals surface area contributed by atoms with Crippen molar-refractivity contribution in [2.75, 3.05) is 6.61 Å². The molecule has 94 valence electrons. The van der Waals surface area contributed by atoms with Crippen LogP contribution in [0.4, 0.5) is 0 Å². The second-order valence-corrected chi connectivity index (χ2v) is 7.98. The second-order valence-electron chi connectivity index (χ2n) is 5.25. The molecular weight excluding hydrogens is 211 g/mol. The predicted octanol–water partition coefficient (Wildman–Crippen LogP) is 4.93. The Morgan fingerprint density at radius 2 is 1.56 bits per heavy atom. The number of rotatable bonds is 9. The molecule has 0 radical (unpaired) electrons. The summed E-state index contributed by atoms with van der Waals surface area (Å²) in [5.74, 6) is 0. The Labute approximate surface area is 107 Å². The molecule has 0 unspecified atom stereocenters. The molecule has 0 aliphatic carbocycles. The van der Waals surface area contributed by atoms with Crippen LogP contribution in [0.15, 0.2) is 0 Å². The average Bonchev–Trinajstić information content (AvgIpc) is 2.34. The van der Waals surface area contributed by atoms with Crippen molar-refractivity contribution in [3.05, 3.63) is 0 Å². The molecule has 0 bridgehead atoms. The van der Waals surface area contributed by atoms with E-state index in [2.05, 4.69) is 6.92 Å². The SMILES string of the molecule is CCCCCCCCC[CH2][Al]1[CH2]CCC[O]1. The molecule has 1 fully saturated rings. The highest BCUT2D eigenvalue weighted by Gasteiger charge is 2.22. The van der Waals surface area contributed by atoms with Gasteiger partial charge in [0.2, 0.25) is 0 Å². The van der Waals surface area contributed by atoms with Gasteiger partial charge in [0.15, 0.2) is 0 Å². The summed E-state index contributed by atoms with van der Waals surface area (Å²) < 4.78 is 5.88. The third-order valence-electron chi connectivity index (χ3n) is 3.65. The lowest BCUT2D eigenvalue weighted by Crippen LogP contribution is -2.22. The zero-order valence-electron chi connectivity index (χ0n) is 11.2. The quantitative estimate of drug-likeness (QED) is 0.410. The van der Waals surface area contributed by atoms with Crippen molar-refractivity contribution >= 4 is 14.5 Å². The van der Waals surface area contributed by atoms with E-state index in [-0.39, 0.29) is 0 Å². The van der Waals surface area contributed by atoms with E-state index in [1.54, 1.807) is 0 Å². The van der Waals surface area contributed by atoms with Crippen LogP contribution in [-0.2, 0) is 3.79 Å². The summed E-state index contributed by atoms with van der Waals surface area (Å²) >= 11 is -0.696. The maximum Gasteiger partial charge on any atom is 0.460 e. The molecule has 0 aromatic rings. The molecule has 1 saturated heterocycles. The minimum absolute atomic E-state index is 0.696. The lowest BCUT2D eigenvalue weighted by atomic mass is 10.1. The van der Waals surface area contributed by atoms with E-state index in [1.165, 1.54) is 74.8 Å². The van der Waals surface area contributed by atoms with Crippen molar-refractivity contribution in [2.24, 2.45) is 0 Å².